The topological polar surface area (TPSA) is 40.5 Å². The number of hydrogen-bond donors (Lipinski definition) is 2. The van der Waals surface area contributed by atoms with E-state index in [1.807, 2.05) is 13.8 Å². The summed E-state index contributed by atoms with van der Waals surface area (Å²) >= 11 is 0. The van der Waals surface area contributed by atoms with Gasteiger partial charge in [-0.05, 0) is 112 Å². The standard InChI is InChI=1S/C27H46O2/c1-18(7-6-14-25(2,3)29)22-10-11-23-21-9-8-19-17-20(28)12-15-26(19,4)24(21)13-16-27(22,23)5/h8,18,20-24,28-29H,6-7,9-17H2,1-5H3/t18-,20?,21?,22?,23?,24?,26+,27?/m1/s1. The molecule has 2 heteroatoms. The van der Waals surface area contributed by atoms with Gasteiger partial charge in [-0.15, -0.1) is 0 Å². The normalized spacial score (nSPS) is 45.8. The first-order valence-electron chi connectivity index (χ1n) is 12.6. The van der Waals surface area contributed by atoms with Crippen molar-refractivity contribution in [2.24, 2.45) is 40.4 Å². The lowest BCUT2D eigenvalue weighted by atomic mass is 9.47. The molecule has 0 aromatic carbocycles. The monoisotopic (exact) mass is 402 g/mol. The number of fused-ring (bicyclic) bond motifs is 5. The first-order valence-corrected chi connectivity index (χ1v) is 12.6. The highest BCUT2D eigenvalue weighted by atomic mass is 16.3. The van der Waals surface area contributed by atoms with E-state index < -0.39 is 5.60 Å². The van der Waals surface area contributed by atoms with Crippen molar-refractivity contribution in [3.8, 4) is 0 Å². The molecule has 0 aromatic rings. The van der Waals surface area contributed by atoms with Crippen molar-refractivity contribution in [1.29, 1.82) is 0 Å². The van der Waals surface area contributed by atoms with Crippen LogP contribution in [-0.2, 0) is 0 Å². The molecule has 0 radical (unpaired) electrons. The summed E-state index contributed by atoms with van der Waals surface area (Å²) in [6.45, 7) is 11.6. The number of allylic oxidation sites excluding steroid dienone is 1. The van der Waals surface area contributed by atoms with Crippen LogP contribution in [0.5, 0.6) is 0 Å². The second-order valence-corrected chi connectivity index (χ2v) is 12.6. The summed E-state index contributed by atoms with van der Waals surface area (Å²) in [4.78, 5) is 0. The molecule has 4 aliphatic carbocycles. The summed E-state index contributed by atoms with van der Waals surface area (Å²) in [5.41, 5.74) is 1.95. The van der Waals surface area contributed by atoms with Gasteiger partial charge in [0.1, 0.15) is 0 Å². The molecule has 0 saturated heterocycles. The lowest BCUT2D eigenvalue weighted by molar-refractivity contribution is -0.0575. The minimum atomic E-state index is -0.519. The fourth-order valence-corrected chi connectivity index (χ4v) is 8.67. The molecule has 8 atom stereocenters. The van der Waals surface area contributed by atoms with Crippen molar-refractivity contribution in [3.05, 3.63) is 11.6 Å². The van der Waals surface area contributed by atoms with Gasteiger partial charge < -0.3 is 10.2 Å². The van der Waals surface area contributed by atoms with Gasteiger partial charge in [-0.25, -0.2) is 0 Å². The van der Waals surface area contributed by atoms with Crippen LogP contribution in [0.2, 0.25) is 0 Å². The molecule has 29 heavy (non-hydrogen) atoms. The van der Waals surface area contributed by atoms with Crippen molar-refractivity contribution in [2.45, 2.75) is 117 Å². The van der Waals surface area contributed by atoms with Crippen LogP contribution in [0.3, 0.4) is 0 Å². The second-order valence-electron chi connectivity index (χ2n) is 12.6. The molecule has 2 nitrogen and oxygen atoms in total. The van der Waals surface area contributed by atoms with Crippen LogP contribution < -0.4 is 0 Å². The maximum absolute atomic E-state index is 10.2. The Morgan fingerprint density at radius 1 is 1.10 bits per heavy atom. The minimum Gasteiger partial charge on any atom is -0.393 e. The Kier molecular flexibility index (Phi) is 5.78. The van der Waals surface area contributed by atoms with Crippen LogP contribution in [0.1, 0.15) is 105 Å². The first kappa shape index (κ1) is 21.9. The van der Waals surface area contributed by atoms with Gasteiger partial charge in [0.2, 0.25) is 0 Å². The predicted molar refractivity (Wildman–Crippen MR) is 121 cm³/mol. The zero-order valence-corrected chi connectivity index (χ0v) is 19.7. The Labute approximate surface area is 179 Å². The third-order valence-electron chi connectivity index (χ3n) is 10.3. The average Bonchev–Trinajstić information content (AvgIpc) is 2.98. The van der Waals surface area contributed by atoms with E-state index in [4.69, 9.17) is 0 Å². The van der Waals surface area contributed by atoms with Gasteiger partial charge in [-0.3, -0.25) is 0 Å². The van der Waals surface area contributed by atoms with E-state index in [1.54, 1.807) is 5.57 Å². The van der Waals surface area contributed by atoms with Gasteiger partial charge >= 0.3 is 0 Å². The Morgan fingerprint density at radius 2 is 1.86 bits per heavy atom. The van der Waals surface area contributed by atoms with E-state index in [1.165, 1.54) is 44.9 Å². The highest BCUT2D eigenvalue weighted by Crippen LogP contribution is 2.67. The van der Waals surface area contributed by atoms with Crippen LogP contribution in [0.4, 0.5) is 0 Å². The molecule has 0 amide bonds. The Hall–Kier alpha value is -0.340. The van der Waals surface area contributed by atoms with E-state index in [0.29, 0.717) is 10.8 Å². The van der Waals surface area contributed by atoms with E-state index in [-0.39, 0.29) is 6.10 Å². The molecular formula is C27H46O2. The van der Waals surface area contributed by atoms with Crippen molar-refractivity contribution in [3.63, 3.8) is 0 Å². The highest BCUT2D eigenvalue weighted by molar-refractivity contribution is 5.25. The Bertz CT molecular complexity index is 631. The largest absolute Gasteiger partial charge is 0.393 e. The van der Waals surface area contributed by atoms with E-state index in [0.717, 1.165) is 55.3 Å². The fraction of sp³-hybridized carbons (Fsp3) is 0.926. The Morgan fingerprint density at radius 3 is 2.59 bits per heavy atom. The molecule has 2 N–H and O–H groups in total. The summed E-state index contributed by atoms with van der Waals surface area (Å²) in [6.07, 6.45) is 15.9. The minimum absolute atomic E-state index is 0.0969. The highest BCUT2D eigenvalue weighted by Gasteiger charge is 2.59. The molecule has 0 bridgehead atoms. The molecule has 0 aromatic heterocycles. The van der Waals surface area contributed by atoms with E-state index in [2.05, 4.69) is 26.8 Å². The van der Waals surface area contributed by atoms with Crippen LogP contribution >= 0.6 is 0 Å². The number of rotatable bonds is 5. The molecule has 3 saturated carbocycles. The average molecular weight is 403 g/mol. The third kappa shape index (κ3) is 3.86. The maximum Gasteiger partial charge on any atom is 0.0591 e. The summed E-state index contributed by atoms with van der Waals surface area (Å²) in [5, 5.41) is 20.3. The van der Waals surface area contributed by atoms with Crippen molar-refractivity contribution in [2.75, 3.05) is 0 Å². The van der Waals surface area contributed by atoms with Gasteiger partial charge in [0, 0.05) is 0 Å². The van der Waals surface area contributed by atoms with Crippen molar-refractivity contribution < 1.29 is 10.2 Å². The van der Waals surface area contributed by atoms with Gasteiger partial charge in [0.15, 0.2) is 0 Å². The van der Waals surface area contributed by atoms with E-state index >= 15 is 0 Å². The predicted octanol–water partition coefficient (Wildman–Crippen LogP) is 6.50. The van der Waals surface area contributed by atoms with Gasteiger partial charge in [0.05, 0.1) is 11.7 Å². The lowest BCUT2D eigenvalue weighted by Crippen LogP contribution is -2.50. The van der Waals surface area contributed by atoms with Crippen LogP contribution in [-0.4, -0.2) is 21.9 Å². The summed E-state index contributed by atoms with van der Waals surface area (Å²) < 4.78 is 0. The van der Waals surface area contributed by atoms with Crippen LogP contribution in [0.15, 0.2) is 11.6 Å². The van der Waals surface area contributed by atoms with E-state index in [9.17, 15) is 10.2 Å². The molecule has 166 valence electrons. The summed E-state index contributed by atoms with van der Waals surface area (Å²) in [7, 11) is 0. The number of hydrogen-bond acceptors (Lipinski definition) is 2. The quantitative estimate of drug-likeness (QED) is 0.515. The molecule has 0 heterocycles. The van der Waals surface area contributed by atoms with Gasteiger partial charge in [-0.2, -0.15) is 0 Å². The summed E-state index contributed by atoms with van der Waals surface area (Å²) in [6, 6.07) is 0. The third-order valence-corrected chi connectivity index (χ3v) is 10.3. The molecule has 0 aliphatic heterocycles. The lowest BCUT2D eigenvalue weighted by Gasteiger charge is -2.58. The molecule has 4 rings (SSSR count). The van der Waals surface area contributed by atoms with Crippen LogP contribution in [0.25, 0.3) is 0 Å². The van der Waals surface area contributed by atoms with Crippen molar-refractivity contribution >= 4 is 0 Å². The summed E-state index contributed by atoms with van der Waals surface area (Å²) in [5.74, 6) is 4.24. The number of aliphatic hydroxyl groups is 2. The van der Waals surface area contributed by atoms with Gasteiger partial charge in [-0.1, -0.05) is 45.3 Å². The first-order chi connectivity index (χ1) is 13.5. The molecular weight excluding hydrogens is 356 g/mol. The zero-order chi connectivity index (χ0) is 21.0. The van der Waals surface area contributed by atoms with Gasteiger partial charge in [0.25, 0.3) is 0 Å². The molecule has 4 aliphatic rings. The number of aliphatic hydroxyl groups excluding tert-OH is 1. The van der Waals surface area contributed by atoms with Crippen LogP contribution in [0, 0.1) is 40.4 Å². The Balaban J connectivity index is 1.47. The molecule has 3 fully saturated rings. The van der Waals surface area contributed by atoms with Crippen molar-refractivity contribution in [1.82, 2.24) is 0 Å². The maximum atomic E-state index is 10.2. The molecule has 0 spiro atoms. The smallest absolute Gasteiger partial charge is 0.0591 e. The zero-order valence-electron chi connectivity index (χ0n) is 19.7. The SMILES string of the molecule is C[C@H](CCCC(C)(C)O)C1CCC2C3CC=C4CC(O)CC[C@]4(C)C3CCC21C. The molecule has 6 unspecified atom stereocenters. The second kappa shape index (κ2) is 7.66. The fourth-order valence-electron chi connectivity index (χ4n) is 8.67.